The lowest BCUT2D eigenvalue weighted by Gasteiger charge is -2.12. The Morgan fingerprint density at radius 1 is 1.47 bits per heavy atom. The highest BCUT2D eigenvalue weighted by molar-refractivity contribution is 6.30. The molecule has 0 bridgehead atoms. The van der Waals surface area contributed by atoms with Crippen molar-refractivity contribution in [2.24, 2.45) is 0 Å². The summed E-state index contributed by atoms with van der Waals surface area (Å²) in [6.07, 6.45) is 2.44. The summed E-state index contributed by atoms with van der Waals surface area (Å²) in [6, 6.07) is 6.00. The fraction of sp³-hybridized carbons (Fsp3) is 0.500. The van der Waals surface area contributed by atoms with Crippen LogP contribution in [0, 0.1) is 0 Å². The van der Waals surface area contributed by atoms with E-state index in [1.807, 2.05) is 6.07 Å². The van der Waals surface area contributed by atoms with Gasteiger partial charge in [0.1, 0.15) is 5.75 Å². The summed E-state index contributed by atoms with van der Waals surface area (Å²) < 4.78 is 10.3. The van der Waals surface area contributed by atoms with Crippen LogP contribution in [-0.4, -0.2) is 25.2 Å². The Kier molecular flexibility index (Phi) is 5.05. The SMILES string of the molecule is CCOC(=O)COc1ccc(Cl)cc1CNC1CC1. The summed E-state index contributed by atoms with van der Waals surface area (Å²) >= 11 is 5.99. The standard InChI is InChI=1S/C14H18ClNO3/c1-2-18-14(17)9-19-13-6-3-11(15)7-10(13)8-16-12-4-5-12/h3,6-7,12,16H,2,4-5,8-9H2,1H3. The average molecular weight is 284 g/mol. The molecule has 1 aliphatic carbocycles. The van der Waals surface area contributed by atoms with Gasteiger partial charge in [-0.3, -0.25) is 0 Å². The molecule has 4 nitrogen and oxygen atoms in total. The molecule has 0 heterocycles. The van der Waals surface area contributed by atoms with Crippen LogP contribution in [0.4, 0.5) is 0 Å². The van der Waals surface area contributed by atoms with Gasteiger partial charge in [-0.05, 0) is 38.0 Å². The van der Waals surface area contributed by atoms with Crippen molar-refractivity contribution < 1.29 is 14.3 Å². The van der Waals surface area contributed by atoms with Crippen LogP contribution in [0.15, 0.2) is 18.2 Å². The summed E-state index contributed by atoms with van der Waals surface area (Å²) in [4.78, 5) is 11.3. The molecule has 0 atom stereocenters. The molecule has 104 valence electrons. The Morgan fingerprint density at radius 3 is 2.95 bits per heavy atom. The molecule has 0 saturated heterocycles. The lowest BCUT2D eigenvalue weighted by Crippen LogP contribution is -2.18. The van der Waals surface area contributed by atoms with Crippen LogP contribution in [0.1, 0.15) is 25.3 Å². The van der Waals surface area contributed by atoms with Crippen LogP contribution in [-0.2, 0) is 16.1 Å². The van der Waals surface area contributed by atoms with Gasteiger partial charge in [0.15, 0.2) is 6.61 Å². The van der Waals surface area contributed by atoms with E-state index in [0.29, 0.717) is 30.0 Å². The molecule has 1 fully saturated rings. The number of esters is 1. The van der Waals surface area contributed by atoms with Gasteiger partial charge in [0.25, 0.3) is 0 Å². The van der Waals surface area contributed by atoms with E-state index >= 15 is 0 Å². The monoisotopic (exact) mass is 283 g/mol. The Bertz CT molecular complexity index is 446. The molecule has 1 aromatic carbocycles. The highest BCUT2D eigenvalue weighted by Gasteiger charge is 2.20. The zero-order valence-electron chi connectivity index (χ0n) is 10.9. The normalized spacial score (nSPS) is 14.2. The van der Waals surface area contributed by atoms with E-state index in [0.717, 1.165) is 5.56 Å². The highest BCUT2D eigenvalue weighted by Crippen LogP contribution is 2.25. The minimum Gasteiger partial charge on any atom is -0.482 e. The first kappa shape index (κ1) is 14.2. The number of carbonyl (C=O) groups excluding carboxylic acids is 1. The maximum absolute atomic E-state index is 11.3. The maximum atomic E-state index is 11.3. The van der Waals surface area contributed by atoms with Gasteiger partial charge in [-0.2, -0.15) is 0 Å². The first-order valence-corrected chi connectivity index (χ1v) is 6.87. The molecule has 1 aromatic rings. The summed E-state index contributed by atoms with van der Waals surface area (Å²) in [5.74, 6) is 0.309. The topological polar surface area (TPSA) is 47.6 Å². The van der Waals surface area contributed by atoms with Gasteiger partial charge in [-0.15, -0.1) is 0 Å². The maximum Gasteiger partial charge on any atom is 0.344 e. The second-order valence-corrected chi connectivity index (χ2v) is 4.94. The molecule has 0 aromatic heterocycles. The molecule has 0 aliphatic heterocycles. The average Bonchev–Trinajstić information content (AvgIpc) is 3.19. The van der Waals surface area contributed by atoms with Crippen molar-refractivity contribution in [1.82, 2.24) is 5.32 Å². The van der Waals surface area contributed by atoms with E-state index in [1.54, 1.807) is 19.1 Å². The van der Waals surface area contributed by atoms with E-state index < -0.39 is 0 Å². The van der Waals surface area contributed by atoms with E-state index in [1.165, 1.54) is 12.8 Å². The second kappa shape index (κ2) is 6.78. The summed E-state index contributed by atoms with van der Waals surface area (Å²) in [7, 11) is 0. The van der Waals surface area contributed by atoms with Gasteiger partial charge in [0.2, 0.25) is 0 Å². The van der Waals surface area contributed by atoms with Gasteiger partial charge >= 0.3 is 5.97 Å². The number of benzene rings is 1. The molecule has 1 aliphatic rings. The molecule has 0 unspecified atom stereocenters. The fourth-order valence-electron chi connectivity index (χ4n) is 1.71. The summed E-state index contributed by atoms with van der Waals surface area (Å²) in [6.45, 7) is 2.75. The molecular formula is C14H18ClNO3. The van der Waals surface area contributed by atoms with E-state index in [2.05, 4.69) is 5.32 Å². The van der Waals surface area contributed by atoms with Gasteiger partial charge in [-0.1, -0.05) is 11.6 Å². The lowest BCUT2D eigenvalue weighted by atomic mass is 10.2. The van der Waals surface area contributed by atoms with Crippen molar-refractivity contribution in [3.63, 3.8) is 0 Å². The summed E-state index contributed by atoms with van der Waals surface area (Å²) in [5, 5.41) is 4.06. The molecule has 5 heteroatoms. The predicted molar refractivity (Wildman–Crippen MR) is 73.4 cm³/mol. The Labute approximate surface area is 118 Å². The largest absolute Gasteiger partial charge is 0.482 e. The van der Waals surface area contributed by atoms with E-state index in [-0.39, 0.29) is 12.6 Å². The molecule has 1 saturated carbocycles. The van der Waals surface area contributed by atoms with Gasteiger partial charge in [0, 0.05) is 23.2 Å². The van der Waals surface area contributed by atoms with Crippen molar-refractivity contribution in [2.75, 3.05) is 13.2 Å². The van der Waals surface area contributed by atoms with Crippen LogP contribution >= 0.6 is 11.6 Å². The van der Waals surface area contributed by atoms with Crippen molar-refractivity contribution in [1.29, 1.82) is 0 Å². The Balaban J connectivity index is 1.94. The minimum absolute atomic E-state index is 0.0775. The molecule has 0 spiro atoms. The van der Waals surface area contributed by atoms with Gasteiger partial charge in [0.05, 0.1) is 6.61 Å². The first-order chi connectivity index (χ1) is 9.19. The van der Waals surface area contributed by atoms with Crippen molar-refractivity contribution in [2.45, 2.75) is 32.4 Å². The number of rotatable bonds is 7. The number of halogens is 1. The van der Waals surface area contributed by atoms with Crippen LogP contribution in [0.25, 0.3) is 0 Å². The molecule has 1 N–H and O–H groups in total. The van der Waals surface area contributed by atoms with Crippen LogP contribution in [0.5, 0.6) is 5.75 Å². The number of carbonyl (C=O) groups is 1. The quantitative estimate of drug-likeness (QED) is 0.781. The number of hydrogen-bond acceptors (Lipinski definition) is 4. The fourth-order valence-corrected chi connectivity index (χ4v) is 1.90. The highest BCUT2D eigenvalue weighted by atomic mass is 35.5. The van der Waals surface area contributed by atoms with Gasteiger partial charge in [-0.25, -0.2) is 4.79 Å². The summed E-state index contributed by atoms with van der Waals surface area (Å²) in [5.41, 5.74) is 0.962. The number of nitrogens with one attached hydrogen (secondary N) is 1. The molecule has 2 rings (SSSR count). The van der Waals surface area contributed by atoms with Crippen molar-refractivity contribution in [3.05, 3.63) is 28.8 Å². The van der Waals surface area contributed by atoms with Crippen molar-refractivity contribution in [3.8, 4) is 5.75 Å². The van der Waals surface area contributed by atoms with Crippen LogP contribution < -0.4 is 10.1 Å². The third-order valence-corrected chi connectivity index (χ3v) is 3.07. The van der Waals surface area contributed by atoms with E-state index in [9.17, 15) is 4.79 Å². The predicted octanol–water partition coefficient (Wildman–Crippen LogP) is 2.53. The molecular weight excluding hydrogens is 266 g/mol. The third kappa shape index (κ3) is 4.73. The number of ether oxygens (including phenoxy) is 2. The minimum atomic E-state index is -0.362. The van der Waals surface area contributed by atoms with Crippen LogP contribution in [0.3, 0.4) is 0 Å². The van der Waals surface area contributed by atoms with Crippen molar-refractivity contribution >= 4 is 17.6 Å². The Hall–Kier alpha value is -1.26. The zero-order chi connectivity index (χ0) is 13.7. The molecule has 19 heavy (non-hydrogen) atoms. The Morgan fingerprint density at radius 2 is 2.26 bits per heavy atom. The number of hydrogen-bond donors (Lipinski definition) is 1. The third-order valence-electron chi connectivity index (χ3n) is 2.83. The lowest BCUT2D eigenvalue weighted by molar-refractivity contribution is -0.145. The second-order valence-electron chi connectivity index (χ2n) is 4.50. The smallest absolute Gasteiger partial charge is 0.344 e. The molecule has 0 amide bonds. The zero-order valence-corrected chi connectivity index (χ0v) is 11.7. The van der Waals surface area contributed by atoms with Gasteiger partial charge < -0.3 is 14.8 Å². The first-order valence-electron chi connectivity index (χ1n) is 6.49. The van der Waals surface area contributed by atoms with Crippen LogP contribution in [0.2, 0.25) is 5.02 Å². The molecule has 0 radical (unpaired) electrons. The van der Waals surface area contributed by atoms with E-state index in [4.69, 9.17) is 21.1 Å².